The maximum Gasteiger partial charge on any atom is 0.261 e. The third-order valence-corrected chi connectivity index (χ3v) is 25.7. The lowest BCUT2D eigenvalue weighted by Gasteiger charge is -2.29. The molecule has 6 nitrogen and oxygen atoms in total. The van der Waals surface area contributed by atoms with E-state index in [0.717, 1.165) is 79.4 Å². The Balaban J connectivity index is 0.984. The van der Waals surface area contributed by atoms with Crippen molar-refractivity contribution in [2.24, 2.45) is 11.8 Å². The number of aromatic nitrogens is 2. The summed E-state index contributed by atoms with van der Waals surface area (Å²) in [4.78, 5) is 55.9. The first-order valence-electron chi connectivity index (χ1n) is 35.1. The standard InChI is InChI=1S/C77H100N4O2S6/c1-5-9-12-15-18-21-23-26-28-31-39-56(38-8-4)54-80-72(68-52-78-74(88-68)64-48-46-62(86-64)66-50-58-42-34-36-44-60(58)84-66)70-71(76(80)82)73(69-53-79-75(89-69)65-49-47-63(87-65)67-51-59-43-35-37-45-61(59)85-67)81(77(70)83)55-57(40-32-29-25-20-17-14-11-7-3)41-33-30-27-24-22-19-16-13-10-6-2/h34-37,42-53,56-57H,5-33,38-41,54-55H2,1-4H3. The van der Waals surface area contributed by atoms with Crippen LogP contribution < -0.4 is 0 Å². The van der Waals surface area contributed by atoms with Crippen LogP contribution in [-0.4, -0.2) is 44.7 Å². The van der Waals surface area contributed by atoms with Gasteiger partial charge in [0.05, 0.1) is 42.0 Å². The van der Waals surface area contributed by atoms with Gasteiger partial charge in [-0.3, -0.25) is 9.59 Å². The van der Waals surface area contributed by atoms with Crippen LogP contribution in [0.4, 0.5) is 0 Å². The summed E-state index contributed by atoms with van der Waals surface area (Å²) in [5.74, 6) is 0.584. The molecule has 10 rings (SSSR count). The van der Waals surface area contributed by atoms with E-state index in [0.29, 0.717) is 36.1 Å². The molecule has 2 aliphatic rings. The average molecular weight is 1310 g/mol. The van der Waals surface area contributed by atoms with Crippen LogP contribution in [0, 0.1) is 11.8 Å². The third kappa shape index (κ3) is 18.2. The van der Waals surface area contributed by atoms with Crippen LogP contribution in [0.2, 0.25) is 0 Å². The van der Waals surface area contributed by atoms with E-state index in [4.69, 9.17) is 9.97 Å². The monoisotopic (exact) mass is 1300 g/mol. The highest BCUT2D eigenvalue weighted by Gasteiger charge is 2.50. The maximum absolute atomic E-state index is 16.3. The van der Waals surface area contributed by atoms with Crippen molar-refractivity contribution in [2.75, 3.05) is 13.1 Å². The van der Waals surface area contributed by atoms with Crippen molar-refractivity contribution < 1.29 is 9.59 Å². The Hall–Kier alpha value is -4.56. The molecular weight excluding hydrogens is 1210 g/mol. The minimum absolute atomic E-state index is 0.0252. The Labute approximate surface area is 558 Å². The molecule has 0 aliphatic carbocycles. The molecule has 0 spiro atoms. The number of unbranched alkanes of at least 4 members (excludes halogenated alkanes) is 25. The SMILES string of the molecule is CCCCCCCCCCCCC(CCC)CN1C(=O)C2=C(c3cnc(-c4ccc(-c5cc6ccccc6s5)s4)s3)N(CC(CCCCCCCCCC)CCCCCCCCCCCC)C(=O)C2=C1c1cnc(-c2ccc(-c3cc4ccccc4s3)s2)s1. The molecule has 0 radical (unpaired) electrons. The lowest BCUT2D eigenvalue weighted by atomic mass is 9.93. The molecule has 0 saturated heterocycles. The van der Waals surface area contributed by atoms with Crippen molar-refractivity contribution in [1.82, 2.24) is 19.8 Å². The fourth-order valence-corrected chi connectivity index (χ4v) is 20.0. The van der Waals surface area contributed by atoms with E-state index >= 15 is 9.59 Å². The van der Waals surface area contributed by atoms with Crippen LogP contribution in [0.25, 0.3) is 70.8 Å². The van der Waals surface area contributed by atoms with Crippen LogP contribution in [0.15, 0.2) is 108 Å². The molecule has 2 aromatic carbocycles. The molecule has 8 heterocycles. The van der Waals surface area contributed by atoms with Gasteiger partial charge in [-0.15, -0.1) is 68.0 Å². The summed E-state index contributed by atoms with van der Waals surface area (Å²) in [6, 6.07) is 30.8. The van der Waals surface area contributed by atoms with E-state index < -0.39 is 0 Å². The second kappa shape index (κ2) is 35.5. The van der Waals surface area contributed by atoms with Gasteiger partial charge < -0.3 is 9.80 Å². The Bertz CT molecular complexity index is 3460. The van der Waals surface area contributed by atoms with Gasteiger partial charge in [0.1, 0.15) is 10.0 Å². The third-order valence-electron chi connectivity index (χ3n) is 18.6. The van der Waals surface area contributed by atoms with Gasteiger partial charge in [-0.1, -0.05) is 250 Å². The average Bonchev–Trinajstić information content (AvgIpc) is 1.57. The van der Waals surface area contributed by atoms with E-state index in [1.165, 1.54) is 213 Å². The summed E-state index contributed by atoms with van der Waals surface area (Å²) < 4.78 is 2.58. The quantitative estimate of drug-likeness (QED) is 0.0357. The maximum atomic E-state index is 16.3. The van der Waals surface area contributed by atoms with Gasteiger partial charge in [0.15, 0.2) is 0 Å². The zero-order valence-electron chi connectivity index (χ0n) is 54.2. The summed E-state index contributed by atoms with van der Waals surface area (Å²) in [7, 11) is 0. The van der Waals surface area contributed by atoms with E-state index in [-0.39, 0.29) is 11.8 Å². The number of hydrogen-bond acceptors (Lipinski definition) is 10. The fourth-order valence-electron chi connectivity index (χ4n) is 13.6. The molecule has 2 aliphatic heterocycles. The summed E-state index contributed by atoms with van der Waals surface area (Å²) in [5, 5.41) is 4.39. The number of nitrogens with zero attached hydrogens (tertiary/aromatic N) is 4. The van der Waals surface area contributed by atoms with E-state index in [9.17, 15) is 0 Å². The highest BCUT2D eigenvalue weighted by molar-refractivity contribution is 7.29. The predicted molar refractivity (Wildman–Crippen MR) is 392 cm³/mol. The Morgan fingerprint density at radius 3 is 1.03 bits per heavy atom. The smallest absolute Gasteiger partial charge is 0.261 e. The minimum atomic E-state index is -0.0319. The van der Waals surface area contributed by atoms with E-state index in [2.05, 4.69) is 122 Å². The number of thiazole rings is 2. The molecule has 0 saturated carbocycles. The van der Waals surface area contributed by atoms with E-state index in [1.54, 1.807) is 45.3 Å². The van der Waals surface area contributed by atoms with Gasteiger partial charge in [-0.2, -0.15) is 0 Å². The zero-order chi connectivity index (χ0) is 61.6. The molecule has 0 bridgehead atoms. The molecule has 0 N–H and O–H groups in total. The van der Waals surface area contributed by atoms with Crippen molar-refractivity contribution in [3.63, 3.8) is 0 Å². The number of fused-ring (bicyclic) bond motifs is 3. The summed E-state index contributed by atoms with van der Waals surface area (Å²) >= 11 is 10.5. The highest BCUT2D eigenvalue weighted by Crippen LogP contribution is 2.52. The lowest BCUT2D eigenvalue weighted by Crippen LogP contribution is -2.34. The summed E-state index contributed by atoms with van der Waals surface area (Å²) in [5.41, 5.74) is 2.71. The fraction of sp³-hybridized carbons (Fsp3) is 0.532. The van der Waals surface area contributed by atoms with Crippen LogP contribution in [-0.2, 0) is 9.59 Å². The number of benzene rings is 2. The molecule has 2 unspecified atom stereocenters. The molecule has 0 fully saturated rings. The molecule has 8 aromatic rings. The molecule has 12 heteroatoms. The topological polar surface area (TPSA) is 66.4 Å². The lowest BCUT2D eigenvalue weighted by molar-refractivity contribution is -0.124. The first-order chi connectivity index (χ1) is 43.8. The molecular formula is C77H100N4O2S6. The normalized spacial score (nSPS) is 14.3. The second-order valence-corrected chi connectivity index (χ2v) is 32.1. The van der Waals surface area contributed by atoms with Crippen molar-refractivity contribution in [3.8, 4) is 39.3 Å². The van der Waals surface area contributed by atoms with Crippen molar-refractivity contribution in [2.45, 2.75) is 240 Å². The second-order valence-electron chi connectivity index (χ2n) is 25.7. The number of carbonyl (C=O) groups excluding carboxylic acids is 2. The predicted octanol–water partition coefficient (Wildman–Crippen LogP) is 25.8. The van der Waals surface area contributed by atoms with Crippen molar-refractivity contribution in [3.05, 3.63) is 118 Å². The van der Waals surface area contributed by atoms with Crippen LogP contribution in [0.3, 0.4) is 0 Å². The van der Waals surface area contributed by atoms with E-state index in [1.807, 2.05) is 35.1 Å². The zero-order valence-corrected chi connectivity index (χ0v) is 59.1. The van der Waals surface area contributed by atoms with Crippen LogP contribution in [0.5, 0.6) is 0 Å². The number of carbonyl (C=O) groups is 2. The first-order valence-corrected chi connectivity index (χ1v) is 40.0. The largest absolute Gasteiger partial charge is 0.306 e. The molecule has 6 aromatic heterocycles. The van der Waals surface area contributed by atoms with Gasteiger partial charge >= 0.3 is 0 Å². The van der Waals surface area contributed by atoms with Gasteiger partial charge in [0.25, 0.3) is 11.8 Å². The number of thiophene rings is 4. The highest BCUT2D eigenvalue weighted by atomic mass is 32.1. The first kappa shape index (κ1) is 67.3. The van der Waals surface area contributed by atoms with Gasteiger partial charge in [-0.05, 0) is 96.8 Å². The molecule has 2 atom stereocenters. The van der Waals surface area contributed by atoms with Gasteiger partial charge in [0, 0.05) is 54.4 Å². The van der Waals surface area contributed by atoms with Crippen molar-refractivity contribution >= 4 is 111 Å². The van der Waals surface area contributed by atoms with Crippen molar-refractivity contribution in [1.29, 1.82) is 0 Å². The van der Waals surface area contributed by atoms with Gasteiger partial charge in [-0.25, -0.2) is 9.97 Å². The Morgan fingerprint density at radius 1 is 0.337 bits per heavy atom. The van der Waals surface area contributed by atoms with Crippen LogP contribution in [0.1, 0.15) is 249 Å². The Morgan fingerprint density at radius 2 is 0.674 bits per heavy atom. The number of amides is 2. The molecule has 2 amide bonds. The van der Waals surface area contributed by atoms with Gasteiger partial charge in [0.2, 0.25) is 0 Å². The molecule has 476 valence electrons. The minimum Gasteiger partial charge on any atom is -0.306 e. The summed E-state index contributed by atoms with van der Waals surface area (Å²) in [6.45, 7) is 10.4. The van der Waals surface area contributed by atoms with Crippen LogP contribution >= 0.6 is 68.0 Å². The number of rotatable bonds is 43. The Kier molecular flexibility index (Phi) is 26.8. The molecule has 89 heavy (non-hydrogen) atoms. The number of hydrogen-bond donors (Lipinski definition) is 0. The summed E-state index contributed by atoms with van der Waals surface area (Å²) in [6.07, 6.45) is 45.7.